The highest BCUT2D eigenvalue weighted by Crippen LogP contribution is 2.67. The van der Waals surface area contributed by atoms with Crippen molar-refractivity contribution in [2.75, 3.05) is 47.1 Å². The van der Waals surface area contributed by atoms with Crippen molar-refractivity contribution >= 4 is 0 Å². The van der Waals surface area contributed by atoms with E-state index < -0.39 is 0 Å². The zero-order chi connectivity index (χ0) is 41.6. The van der Waals surface area contributed by atoms with Gasteiger partial charge in [-0.15, -0.1) is 0 Å². The van der Waals surface area contributed by atoms with E-state index in [4.69, 9.17) is 14.2 Å². The van der Waals surface area contributed by atoms with Gasteiger partial charge in [0.2, 0.25) is 0 Å². The Morgan fingerprint density at radius 2 is 1.45 bits per heavy atom. The third-order valence-electron chi connectivity index (χ3n) is 15.9. The number of ether oxygens (including phenoxy) is 3. The number of fused-ring (bicyclic) bond motifs is 5. The molecule has 0 bridgehead atoms. The summed E-state index contributed by atoms with van der Waals surface area (Å²) in [6.45, 7) is 19.2. The van der Waals surface area contributed by atoms with Crippen LogP contribution in [0.4, 0.5) is 0 Å². The van der Waals surface area contributed by atoms with Crippen molar-refractivity contribution in [1.29, 1.82) is 0 Å². The number of unbranched alkanes of at least 4 members (excludes halogenated alkanes) is 10. The number of likely N-dealkylation sites (N-methyl/N-ethyl adjacent to an activating group) is 1. The molecule has 3 fully saturated rings. The first-order chi connectivity index (χ1) is 28.1. The van der Waals surface area contributed by atoms with Crippen LogP contribution in [0.5, 0.6) is 0 Å². The Morgan fingerprint density at radius 1 is 0.741 bits per heavy atom. The number of hydrogen-bond donors (Lipinski definition) is 0. The molecule has 0 radical (unpaired) electrons. The van der Waals surface area contributed by atoms with Crippen LogP contribution in [0.25, 0.3) is 0 Å². The summed E-state index contributed by atoms with van der Waals surface area (Å²) >= 11 is 0. The molecule has 336 valence electrons. The van der Waals surface area contributed by atoms with E-state index in [2.05, 4.69) is 90.9 Å². The first-order valence-corrected chi connectivity index (χ1v) is 25.5. The van der Waals surface area contributed by atoms with E-state index in [0.717, 1.165) is 87.6 Å². The summed E-state index contributed by atoms with van der Waals surface area (Å²) in [6.07, 6.45) is 45.4. The third-order valence-corrected chi connectivity index (χ3v) is 15.9. The van der Waals surface area contributed by atoms with Gasteiger partial charge in [0, 0.05) is 26.4 Å². The summed E-state index contributed by atoms with van der Waals surface area (Å²) in [6, 6.07) is 0. The molecule has 0 aromatic rings. The van der Waals surface area contributed by atoms with Crippen LogP contribution in [0.3, 0.4) is 0 Å². The maximum absolute atomic E-state index is 6.59. The van der Waals surface area contributed by atoms with Gasteiger partial charge in [-0.3, -0.25) is 0 Å². The topological polar surface area (TPSA) is 30.9 Å². The predicted molar refractivity (Wildman–Crippen MR) is 250 cm³/mol. The van der Waals surface area contributed by atoms with Crippen LogP contribution >= 0.6 is 0 Å². The molecule has 0 heterocycles. The summed E-state index contributed by atoms with van der Waals surface area (Å²) < 4.78 is 19.1. The Bertz CT molecular complexity index is 1170. The normalized spacial score (nSPS) is 29.6. The molecule has 4 aliphatic rings. The molecule has 4 nitrogen and oxygen atoms in total. The average Bonchev–Trinajstić information content (AvgIpc) is 3.55. The van der Waals surface area contributed by atoms with Gasteiger partial charge >= 0.3 is 0 Å². The molecule has 58 heavy (non-hydrogen) atoms. The second-order valence-electron chi connectivity index (χ2n) is 21.1. The van der Waals surface area contributed by atoms with Crippen LogP contribution in [0, 0.1) is 46.3 Å². The second-order valence-corrected chi connectivity index (χ2v) is 21.1. The lowest BCUT2D eigenvalue weighted by Gasteiger charge is -2.58. The van der Waals surface area contributed by atoms with E-state index in [-0.39, 0.29) is 6.10 Å². The number of rotatable bonds is 31. The number of nitrogens with zero attached hydrogens (tertiary/aromatic N) is 1. The fourth-order valence-corrected chi connectivity index (χ4v) is 12.5. The second kappa shape index (κ2) is 27.2. The van der Waals surface area contributed by atoms with Crippen molar-refractivity contribution in [3.8, 4) is 0 Å². The third kappa shape index (κ3) is 16.1. The molecule has 3 saturated carbocycles. The Morgan fingerprint density at radius 3 is 2.19 bits per heavy atom. The zero-order valence-corrected chi connectivity index (χ0v) is 39.9. The van der Waals surface area contributed by atoms with Gasteiger partial charge in [0.25, 0.3) is 0 Å². The summed E-state index contributed by atoms with van der Waals surface area (Å²) in [5.41, 5.74) is 2.74. The summed E-state index contributed by atoms with van der Waals surface area (Å²) in [5, 5.41) is 0. The highest BCUT2D eigenvalue weighted by molar-refractivity contribution is 5.25. The molecule has 0 amide bonds. The fourth-order valence-electron chi connectivity index (χ4n) is 12.5. The van der Waals surface area contributed by atoms with Gasteiger partial charge in [0.15, 0.2) is 0 Å². The minimum Gasteiger partial charge on any atom is -0.379 e. The Hall–Kier alpha value is -0.940. The number of allylic oxidation sites excluding steroid dienone is 5. The molecule has 0 spiro atoms. The summed E-state index contributed by atoms with van der Waals surface area (Å²) in [7, 11) is 4.27. The molecule has 0 aromatic carbocycles. The molecule has 4 unspecified atom stereocenters. The fraction of sp³-hybridized carbons (Fsp3) is 0.889. The Balaban J connectivity index is 1.04. The molecule has 0 saturated heterocycles. The zero-order valence-electron chi connectivity index (χ0n) is 39.9. The quantitative estimate of drug-likeness (QED) is 0.0516. The highest BCUT2D eigenvalue weighted by Gasteiger charge is 2.59. The van der Waals surface area contributed by atoms with E-state index in [9.17, 15) is 0 Å². The SMILES string of the molecule is CCCCC/C=C\C/C=C\CCCCCCCCOCC(CN(C)C)OCCCCO[C@H]1CC[C@@]2(C)C(=CCC3C2CC[C@@]2(C)C3CC[C@@H]2[C@H](C)CCCC(C)C)C1. The Labute approximate surface area is 361 Å². The standard InChI is InChI=1S/C54H97NO3/c1-9-10-11-12-13-14-15-16-17-18-19-20-21-22-23-24-38-56-43-48(42-55(7)8)58-40-26-25-39-57-47-34-36-53(5)46(41-47)30-31-49-51-33-32-50(45(4)29-27-28-44(2)3)54(51,6)37-35-52(49)53/h13-14,16-17,30,44-45,47-52H,9-12,15,18-29,31-43H2,1-8H3/b14-13-,17-16-/t45-,47+,48?,49?,50-,51?,52?,53+,54-/m1/s1. The van der Waals surface area contributed by atoms with Gasteiger partial charge in [0.1, 0.15) is 0 Å². The van der Waals surface area contributed by atoms with E-state index in [0.29, 0.717) is 23.5 Å². The van der Waals surface area contributed by atoms with Crippen LogP contribution in [0.2, 0.25) is 0 Å². The summed E-state index contributed by atoms with van der Waals surface area (Å²) in [5.74, 6) is 5.43. The highest BCUT2D eigenvalue weighted by atomic mass is 16.5. The van der Waals surface area contributed by atoms with Gasteiger partial charge in [-0.25, -0.2) is 0 Å². The maximum Gasteiger partial charge on any atom is 0.0934 e. The maximum atomic E-state index is 6.59. The first-order valence-electron chi connectivity index (χ1n) is 25.5. The van der Waals surface area contributed by atoms with Crippen molar-refractivity contribution in [3.63, 3.8) is 0 Å². The lowest BCUT2D eigenvalue weighted by atomic mass is 9.47. The molecule has 0 aromatic heterocycles. The molecule has 9 atom stereocenters. The molecule has 0 N–H and O–H groups in total. The van der Waals surface area contributed by atoms with Crippen molar-refractivity contribution in [3.05, 3.63) is 36.0 Å². The van der Waals surface area contributed by atoms with Crippen molar-refractivity contribution in [2.24, 2.45) is 46.3 Å². The lowest BCUT2D eigenvalue weighted by molar-refractivity contribution is -0.0648. The monoisotopic (exact) mass is 808 g/mol. The average molecular weight is 808 g/mol. The Kier molecular flexibility index (Phi) is 23.3. The van der Waals surface area contributed by atoms with Gasteiger partial charge < -0.3 is 19.1 Å². The van der Waals surface area contributed by atoms with Crippen LogP contribution in [-0.4, -0.2) is 64.2 Å². The minimum atomic E-state index is 0.143. The van der Waals surface area contributed by atoms with E-state index in [1.165, 1.54) is 135 Å². The minimum absolute atomic E-state index is 0.143. The summed E-state index contributed by atoms with van der Waals surface area (Å²) in [4.78, 5) is 2.23. The number of hydrogen-bond acceptors (Lipinski definition) is 4. The van der Waals surface area contributed by atoms with Gasteiger partial charge in [0.05, 0.1) is 18.8 Å². The van der Waals surface area contributed by atoms with Crippen LogP contribution in [0.1, 0.15) is 202 Å². The van der Waals surface area contributed by atoms with E-state index in [1.807, 2.05) is 0 Å². The molecule has 4 heteroatoms. The van der Waals surface area contributed by atoms with Gasteiger partial charge in [-0.2, -0.15) is 0 Å². The largest absolute Gasteiger partial charge is 0.379 e. The molecular formula is C54H97NO3. The van der Waals surface area contributed by atoms with Gasteiger partial charge in [-0.05, 0) is 163 Å². The molecule has 4 aliphatic carbocycles. The predicted octanol–water partition coefficient (Wildman–Crippen LogP) is 15.0. The lowest BCUT2D eigenvalue weighted by Crippen LogP contribution is -2.51. The molecule has 4 rings (SSSR count). The van der Waals surface area contributed by atoms with Crippen LogP contribution < -0.4 is 0 Å². The van der Waals surface area contributed by atoms with Gasteiger partial charge in [-0.1, -0.05) is 135 Å². The van der Waals surface area contributed by atoms with Crippen molar-refractivity contribution in [2.45, 2.75) is 214 Å². The van der Waals surface area contributed by atoms with E-state index in [1.54, 1.807) is 5.57 Å². The molecular weight excluding hydrogens is 711 g/mol. The van der Waals surface area contributed by atoms with Crippen molar-refractivity contribution in [1.82, 2.24) is 4.90 Å². The van der Waals surface area contributed by atoms with Crippen LogP contribution in [-0.2, 0) is 14.2 Å². The van der Waals surface area contributed by atoms with Crippen molar-refractivity contribution < 1.29 is 14.2 Å². The first kappa shape index (κ1) is 49.7. The smallest absolute Gasteiger partial charge is 0.0934 e. The van der Waals surface area contributed by atoms with Crippen LogP contribution in [0.15, 0.2) is 36.0 Å². The molecule has 0 aliphatic heterocycles. The van der Waals surface area contributed by atoms with E-state index >= 15 is 0 Å².